The quantitative estimate of drug-likeness (QED) is 0.460. The highest BCUT2D eigenvalue weighted by molar-refractivity contribution is 7.61. The molecule has 0 aromatic carbocycles. The van der Waals surface area contributed by atoms with E-state index in [4.69, 9.17) is 8.42 Å². The van der Waals surface area contributed by atoms with Crippen molar-refractivity contribution in [3.05, 3.63) is 18.0 Å². The molecule has 0 saturated carbocycles. The number of H-pyrrole nitrogens is 1. The molecule has 0 amide bonds. The number of aryl methyl sites for hydroxylation is 1. The standard InChI is InChI=1S/C8H14N2.H2N2O2S/c1-2-3-4-5-8-6-7-9-10-8;1-2-5(3)4/h6-7H,2-5H2,1H3,(H,9,10);1H2. The molecule has 0 saturated heterocycles. The van der Waals surface area contributed by atoms with Crippen molar-refractivity contribution >= 4 is 10.5 Å². The summed E-state index contributed by atoms with van der Waals surface area (Å²) >= 11 is 0. The Morgan fingerprint density at radius 1 is 1.53 bits per heavy atom. The zero-order valence-electron chi connectivity index (χ0n) is 8.68. The van der Waals surface area contributed by atoms with Crippen molar-refractivity contribution in [2.75, 3.05) is 0 Å². The fourth-order valence-corrected chi connectivity index (χ4v) is 0.989. The maximum absolute atomic E-state index is 9.08. The summed E-state index contributed by atoms with van der Waals surface area (Å²) in [6, 6.07) is 2.04. The topological polar surface area (TPSA) is 101 Å². The molecule has 0 fully saturated rings. The van der Waals surface area contributed by atoms with E-state index in [9.17, 15) is 0 Å². The van der Waals surface area contributed by atoms with Crippen molar-refractivity contribution < 1.29 is 8.42 Å². The zero-order chi connectivity index (χ0) is 11.5. The Labute approximate surface area is 90.6 Å². The van der Waals surface area contributed by atoms with Gasteiger partial charge in [0, 0.05) is 11.9 Å². The van der Waals surface area contributed by atoms with Crippen LogP contribution in [0.4, 0.5) is 0 Å². The summed E-state index contributed by atoms with van der Waals surface area (Å²) in [4.78, 5) is 0. The summed E-state index contributed by atoms with van der Waals surface area (Å²) in [5.41, 5.74) is 1.26. The van der Waals surface area contributed by atoms with E-state index in [1.54, 1.807) is 6.20 Å². The molecule has 0 aliphatic heterocycles. The van der Waals surface area contributed by atoms with Crippen LogP contribution in [0.2, 0.25) is 0 Å². The van der Waals surface area contributed by atoms with E-state index in [1.165, 1.54) is 25.0 Å². The number of hydrogen-bond donors (Lipinski definition) is 2. The minimum absolute atomic E-state index is 1.15. The van der Waals surface area contributed by atoms with E-state index in [-0.39, 0.29) is 0 Å². The minimum Gasteiger partial charge on any atom is -0.283 e. The molecule has 1 heterocycles. The lowest BCUT2D eigenvalue weighted by molar-refractivity contribution is 0.620. The predicted octanol–water partition coefficient (Wildman–Crippen LogP) is 1.07. The first-order valence-corrected chi connectivity index (χ1v) is 5.72. The average molecular weight is 232 g/mol. The minimum atomic E-state index is -2.42. The van der Waals surface area contributed by atoms with Gasteiger partial charge >= 0.3 is 10.5 Å². The van der Waals surface area contributed by atoms with E-state index in [1.807, 2.05) is 6.07 Å². The van der Waals surface area contributed by atoms with E-state index in [0.29, 0.717) is 0 Å². The largest absolute Gasteiger partial charge is 0.327 e. The number of rotatable bonds is 4. The third-order valence-corrected chi connectivity index (χ3v) is 1.87. The van der Waals surface area contributed by atoms with Gasteiger partial charge in [-0.2, -0.15) is 13.5 Å². The van der Waals surface area contributed by atoms with Gasteiger partial charge in [-0.25, -0.2) is 5.84 Å². The lowest BCUT2D eigenvalue weighted by Crippen LogP contribution is -1.84. The van der Waals surface area contributed by atoms with Crippen LogP contribution < -0.4 is 5.84 Å². The first-order valence-electron chi connectivity index (χ1n) is 4.69. The second-order valence-corrected chi connectivity index (χ2v) is 3.51. The maximum Gasteiger partial charge on any atom is 0.327 e. The Kier molecular flexibility index (Phi) is 8.59. The summed E-state index contributed by atoms with van der Waals surface area (Å²) in [7, 11) is -2.42. The molecule has 0 aliphatic carbocycles. The van der Waals surface area contributed by atoms with Gasteiger partial charge in [0.15, 0.2) is 0 Å². The van der Waals surface area contributed by atoms with Gasteiger partial charge in [-0.3, -0.25) is 5.10 Å². The molecule has 3 N–H and O–H groups in total. The smallest absolute Gasteiger partial charge is 0.283 e. The highest BCUT2D eigenvalue weighted by atomic mass is 32.2. The summed E-state index contributed by atoms with van der Waals surface area (Å²) in [6.07, 6.45) is 6.83. The number of aromatic amines is 1. The van der Waals surface area contributed by atoms with Crippen LogP contribution in [0.1, 0.15) is 31.9 Å². The number of unbranched alkanes of at least 4 members (excludes halogenated alkanes) is 2. The summed E-state index contributed by atoms with van der Waals surface area (Å²) < 4.78 is 20.5. The number of hydrogen-bond acceptors (Lipinski definition) is 4. The molecule has 0 radical (unpaired) electrons. The van der Waals surface area contributed by atoms with Crippen LogP contribution in [0.3, 0.4) is 0 Å². The van der Waals surface area contributed by atoms with Crippen molar-refractivity contribution in [2.45, 2.75) is 32.6 Å². The zero-order valence-corrected chi connectivity index (χ0v) is 9.50. The van der Waals surface area contributed by atoms with Crippen molar-refractivity contribution in [1.29, 1.82) is 0 Å². The van der Waals surface area contributed by atoms with Crippen molar-refractivity contribution in [3.63, 3.8) is 0 Å². The van der Waals surface area contributed by atoms with Gasteiger partial charge in [0.1, 0.15) is 0 Å². The number of nitrogens with one attached hydrogen (secondary N) is 1. The van der Waals surface area contributed by atoms with Crippen LogP contribution >= 0.6 is 0 Å². The van der Waals surface area contributed by atoms with Gasteiger partial charge in [0.05, 0.1) is 0 Å². The van der Waals surface area contributed by atoms with E-state index >= 15 is 0 Å². The van der Waals surface area contributed by atoms with Crippen LogP contribution in [0.15, 0.2) is 16.7 Å². The van der Waals surface area contributed by atoms with Crippen LogP contribution in [-0.2, 0) is 16.9 Å². The van der Waals surface area contributed by atoms with E-state index in [2.05, 4.69) is 27.4 Å². The molecule has 1 rings (SSSR count). The Bertz CT molecular complexity index is 350. The molecule has 7 heteroatoms. The number of nitrogens with zero attached hydrogens (tertiary/aromatic N) is 2. The average Bonchev–Trinajstić information content (AvgIpc) is 2.72. The molecule has 0 bridgehead atoms. The molecular weight excluding hydrogens is 216 g/mol. The predicted molar refractivity (Wildman–Crippen MR) is 57.4 cm³/mol. The van der Waals surface area contributed by atoms with Crippen LogP contribution in [0, 0.1) is 0 Å². The Balaban J connectivity index is 0.000000336. The van der Waals surface area contributed by atoms with Crippen LogP contribution in [0.25, 0.3) is 0 Å². The molecule has 0 aliphatic rings. The van der Waals surface area contributed by atoms with Crippen molar-refractivity contribution in [2.24, 2.45) is 10.3 Å². The van der Waals surface area contributed by atoms with Gasteiger partial charge in [-0.05, 0) is 18.9 Å². The Morgan fingerprint density at radius 2 is 2.20 bits per heavy atom. The van der Waals surface area contributed by atoms with Gasteiger partial charge < -0.3 is 0 Å². The highest BCUT2D eigenvalue weighted by Gasteiger charge is 1.91. The molecule has 0 unspecified atom stereocenters. The monoisotopic (exact) mass is 232 g/mol. The number of aromatic nitrogens is 2. The lowest BCUT2D eigenvalue weighted by Gasteiger charge is -1.93. The van der Waals surface area contributed by atoms with Gasteiger partial charge in [0.2, 0.25) is 0 Å². The van der Waals surface area contributed by atoms with Crippen molar-refractivity contribution in [1.82, 2.24) is 10.2 Å². The van der Waals surface area contributed by atoms with Gasteiger partial charge in [-0.15, -0.1) is 0 Å². The highest BCUT2D eigenvalue weighted by Crippen LogP contribution is 2.01. The SMILES string of the molecule is CCCCCc1ccn[nH]1.NN=S(=O)=O. The molecular formula is C8H16N4O2S. The molecule has 0 spiro atoms. The first kappa shape index (κ1) is 13.8. The Morgan fingerprint density at radius 3 is 2.60 bits per heavy atom. The second-order valence-electron chi connectivity index (χ2n) is 2.86. The van der Waals surface area contributed by atoms with Gasteiger partial charge in [-0.1, -0.05) is 24.2 Å². The summed E-state index contributed by atoms with van der Waals surface area (Å²) in [5.74, 6) is 4.18. The molecule has 15 heavy (non-hydrogen) atoms. The fourth-order valence-electron chi connectivity index (χ4n) is 0.989. The van der Waals surface area contributed by atoms with Crippen molar-refractivity contribution in [3.8, 4) is 0 Å². The maximum atomic E-state index is 9.08. The van der Waals surface area contributed by atoms with E-state index in [0.717, 1.165) is 6.42 Å². The molecule has 0 atom stereocenters. The first-order chi connectivity index (χ1) is 7.20. The fraction of sp³-hybridized carbons (Fsp3) is 0.625. The van der Waals surface area contributed by atoms with Crippen LogP contribution in [-0.4, -0.2) is 18.6 Å². The van der Waals surface area contributed by atoms with Crippen LogP contribution in [0.5, 0.6) is 0 Å². The number of nitrogens with two attached hydrogens (primary N) is 1. The summed E-state index contributed by atoms with van der Waals surface area (Å²) in [6.45, 7) is 2.22. The second kappa shape index (κ2) is 9.35. The molecule has 6 nitrogen and oxygen atoms in total. The normalized spacial score (nSPS) is 8.93. The molecule has 1 aromatic rings. The third kappa shape index (κ3) is 9.10. The van der Waals surface area contributed by atoms with Gasteiger partial charge in [0.25, 0.3) is 0 Å². The third-order valence-electron chi connectivity index (χ3n) is 1.69. The molecule has 1 aromatic heterocycles. The summed E-state index contributed by atoms with van der Waals surface area (Å²) in [5, 5.41) is 6.82. The van der Waals surface area contributed by atoms with E-state index < -0.39 is 10.5 Å². The lowest BCUT2D eigenvalue weighted by atomic mass is 10.2. The molecule has 86 valence electrons. The Hall–Kier alpha value is -1.21.